The summed E-state index contributed by atoms with van der Waals surface area (Å²) < 4.78 is 6.04. The summed E-state index contributed by atoms with van der Waals surface area (Å²) in [5.41, 5.74) is 19.1. The maximum absolute atomic E-state index is 14.0. The molecule has 11 heteroatoms. The van der Waals surface area contributed by atoms with Crippen LogP contribution in [0.25, 0.3) is 0 Å². The lowest BCUT2D eigenvalue weighted by Crippen LogP contribution is -2.76. The zero-order valence-corrected chi connectivity index (χ0v) is 35.0. The summed E-state index contributed by atoms with van der Waals surface area (Å²) in [6.07, 6.45) is 24.1. The van der Waals surface area contributed by atoms with Crippen LogP contribution < -0.4 is 17.2 Å². The van der Waals surface area contributed by atoms with Crippen molar-refractivity contribution in [3.8, 4) is 0 Å². The van der Waals surface area contributed by atoms with E-state index in [4.69, 9.17) is 21.9 Å². The molecule has 9 N–H and O–H groups in total. The molecular weight excluding hydrogens is 684 g/mol. The molecule has 0 aromatic carbocycles. The van der Waals surface area contributed by atoms with E-state index in [2.05, 4.69) is 13.8 Å². The van der Waals surface area contributed by atoms with Gasteiger partial charge in [-0.3, -0.25) is 20.1 Å². The van der Waals surface area contributed by atoms with Gasteiger partial charge in [0.1, 0.15) is 24.2 Å². The second-order valence-electron chi connectivity index (χ2n) is 16.5. The molecule has 1 rings (SSSR count). The Morgan fingerprint density at radius 3 is 1.43 bits per heavy atom. The fourth-order valence-corrected chi connectivity index (χ4v) is 7.70. The molecule has 0 aromatic heterocycles. The van der Waals surface area contributed by atoms with Crippen LogP contribution >= 0.6 is 0 Å². The zero-order chi connectivity index (χ0) is 40.4. The summed E-state index contributed by atoms with van der Waals surface area (Å²) in [7, 11) is 0. The van der Waals surface area contributed by atoms with Gasteiger partial charge in [0.25, 0.3) is 0 Å². The summed E-state index contributed by atoms with van der Waals surface area (Å²) in [5.74, 6) is -6.35. The number of nitrogens with two attached hydrogens (primary N) is 3. The van der Waals surface area contributed by atoms with Gasteiger partial charge in [-0.05, 0) is 18.8 Å². The fraction of sp³-hybridized carbons (Fsp3) is 0.930. The van der Waals surface area contributed by atoms with E-state index in [0.717, 1.165) is 44.9 Å². The number of carbonyl (C=O) groups excluding carboxylic acids is 3. The van der Waals surface area contributed by atoms with E-state index in [1.807, 2.05) is 0 Å². The number of ketones is 2. The van der Waals surface area contributed by atoms with E-state index in [1.54, 1.807) is 13.8 Å². The third-order valence-corrected chi connectivity index (χ3v) is 11.5. The minimum Gasteiger partial charge on any atom is -0.394 e. The minimum atomic E-state index is -2.26. The third kappa shape index (κ3) is 18.2. The zero-order valence-electron chi connectivity index (χ0n) is 35.0. The van der Waals surface area contributed by atoms with Crippen LogP contribution in [-0.4, -0.2) is 87.1 Å². The molecule has 0 radical (unpaired) electrons. The van der Waals surface area contributed by atoms with Gasteiger partial charge in [0.2, 0.25) is 11.8 Å². The van der Waals surface area contributed by atoms with Crippen LogP contribution in [0, 0.1) is 11.8 Å². The summed E-state index contributed by atoms with van der Waals surface area (Å²) in [5, 5.41) is 32.3. The van der Waals surface area contributed by atoms with E-state index >= 15 is 0 Å². The Balaban J connectivity index is 2.93. The smallest absolute Gasteiger partial charge is 0.225 e. The predicted molar refractivity (Wildman–Crippen MR) is 218 cm³/mol. The molecule has 1 aliphatic heterocycles. The summed E-state index contributed by atoms with van der Waals surface area (Å²) in [4.78, 5) is 42.4. The van der Waals surface area contributed by atoms with Crippen molar-refractivity contribution >= 4 is 17.5 Å². The first kappa shape index (κ1) is 50.5. The van der Waals surface area contributed by atoms with Gasteiger partial charge in [-0.1, -0.05) is 175 Å². The summed E-state index contributed by atoms with van der Waals surface area (Å²) in [6.45, 7) is 7.34. The lowest BCUT2D eigenvalue weighted by molar-refractivity contribution is -0.291. The first-order valence-corrected chi connectivity index (χ1v) is 22.2. The quantitative estimate of drug-likeness (QED) is 0.0230. The van der Waals surface area contributed by atoms with Gasteiger partial charge in [0.05, 0.1) is 18.8 Å². The maximum atomic E-state index is 14.0. The van der Waals surface area contributed by atoms with Crippen molar-refractivity contribution in [2.24, 2.45) is 29.0 Å². The molecule has 0 aromatic rings. The van der Waals surface area contributed by atoms with Crippen LogP contribution in [-0.2, 0) is 19.1 Å². The molecule has 1 unspecified atom stereocenters. The van der Waals surface area contributed by atoms with Gasteiger partial charge in [-0.25, -0.2) is 0 Å². The minimum absolute atomic E-state index is 0.143. The number of nitrogens with zero attached hydrogens (tertiary/aromatic N) is 1. The lowest BCUT2D eigenvalue weighted by Gasteiger charge is -2.53. The molecule has 1 fully saturated rings. The number of aliphatic hydroxyl groups excluding tert-OH is 3. The fourth-order valence-electron chi connectivity index (χ4n) is 7.70. The largest absolute Gasteiger partial charge is 0.394 e. The number of amides is 1. The van der Waals surface area contributed by atoms with Crippen LogP contribution in [0.5, 0.6) is 0 Å². The van der Waals surface area contributed by atoms with E-state index in [-0.39, 0.29) is 24.8 Å². The molecule has 1 amide bonds. The SMILES string of the molecule is CCCCCCCCCCCCCCCCCCN(C(=O)CCCCCCCCCCC)[C@]1(N)O[C@H](CO)[C@@H](O)[C@H](O)[C@H]1C(=O)C(N)C(=O)[C@@H](N)C(C)C. The van der Waals surface area contributed by atoms with Gasteiger partial charge >= 0.3 is 0 Å². The van der Waals surface area contributed by atoms with Crippen molar-refractivity contribution < 1.29 is 34.4 Å². The van der Waals surface area contributed by atoms with Crippen molar-refractivity contribution in [2.75, 3.05) is 13.2 Å². The van der Waals surface area contributed by atoms with E-state index in [1.165, 1.54) is 108 Å². The summed E-state index contributed by atoms with van der Waals surface area (Å²) in [6, 6.07) is -2.79. The van der Waals surface area contributed by atoms with Crippen molar-refractivity contribution in [1.82, 2.24) is 4.90 Å². The first-order chi connectivity index (χ1) is 25.9. The molecule has 0 bridgehead atoms. The van der Waals surface area contributed by atoms with Gasteiger partial charge in [0.15, 0.2) is 11.6 Å². The monoisotopic (exact) mass is 769 g/mol. The molecule has 0 spiro atoms. The van der Waals surface area contributed by atoms with Crippen LogP contribution in [0.4, 0.5) is 0 Å². The Kier molecular flexibility index (Phi) is 27.8. The number of ether oxygens (including phenoxy) is 1. The average molecular weight is 769 g/mol. The molecule has 0 saturated carbocycles. The van der Waals surface area contributed by atoms with Crippen molar-refractivity contribution in [2.45, 2.75) is 231 Å². The van der Waals surface area contributed by atoms with E-state index < -0.39 is 60.3 Å². The van der Waals surface area contributed by atoms with Crippen LogP contribution in [0.1, 0.15) is 195 Å². The number of carbonyl (C=O) groups is 3. The number of aliphatic hydroxyl groups is 3. The predicted octanol–water partition coefficient (Wildman–Crippen LogP) is 6.79. The van der Waals surface area contributed by atoms with Crippen molar-refractivity contribution in [3.05, 3.63) is 0 Å². The van der Waals surface area contributed by atoms with Crippen molar-refractivity contribution in [1.29, 1.82) is 0 Å². The highest BCUT2D eigenvalue weighted by atomic mass is 16.6. The molecule has 1 aliphatic rings. The van der Waals surface area contributed by atoms with Crippen molar-refractivity contribution in [3.63, 3.8) is 0 Å². The van der Waals surface area contributed by atoms with Crippen LogP contribution in [0.3, 0.4) is 0 Å². The molecule has 7 atom stereocenters. The second kappa shape index (κ2) is 29.7. The number of unbranched alkanes of at least 4 members (excludes halogenated alkanes) is 23. The van der Waals surface area contributed by atoms with Gasteiger partial charge < -0.3 is 36.4 Å². The maximum Gasteiger partial charge on any atom is 0.225 e. The van der Waals surface area contributed by atoms with Gasteiger partial charge in [-0.15, -0.1) is 0 Å². The molecule has 1 saturated heterocycles. The first-order valence-electron chi connectivity index (χ1n) is 22.2. The molecular formula is C43H84N4O7. The molecule has 1 heterocycles. The Morgan fingerprint density at radius 2 is 1.04 bits per heavy atom. The van der Waals surface area contributed by atoms with Gasteiger partial charge in [0, 0.05) is 13.0 Å². The Labute approximate surface area is 329 Å². The van der Waals surface area contributed by atoms with Crippen LogP contribution in [0.15, 0.2) is 0 Å². The number of Topliss-reactive ketones (excluding diaryl/α,β-unsaturated/α-hetero) is 2. The summed E-state index contributed by atoms with van der Waals surface area (Å²) >= 11 is 0. The molecule has 11 nitrogen and oxygen atoms in total. The Morgan fingerprint density at radius 1 is 0.648 bits per heavy atom. The van der Waals surface area contributed by atoms with Crippen LogP contribution in [0.2, 0.25) is 0 Å². The molecule has 0 aliphatic carbocycles. The van der Waals surface area contributed by atoms with Gasteiger partial charge in [-0.2, -0.15) is 0 Å². The molecule has 54 heavy (non-hydrogen) atoms. The number of rotatable bonds is 34. The number of hydrogen-bond donors (Lipinski definition) is 6. The Hall–Kier alpha value is -1.47. The Bertz CT molecular complexity index is 1000. The molecule has 318 valence electrons. The highest BCUT2D eigenvalue weighted by molar-refractivity contribution is 6.09. The van der Waals surface area contributed by atoms with E-state index in [9.17, 15) is 29.7 Å². The lowest BCUT2D eigenvalue weighted by atomic mass is 9.78. The number of hydrogen-bond acceptors (Lipinski definition) is 10. The standard InChI is InChI=1S/C43H84N4O7/c1-5-7-9-11-13-15-16-17-18-19-20-21-23-25-27-29-31-47(35(49)30-28-26-24-22-14-12-10-8-6-2)43(46)36(41(52)39(50)34(32-48)54-43)40(51)38(45)42(53)37(44)33(3)4/h33-34,36-39,41,48,50,52H,5-32,44-46H2,1-4H3/t34-,36-,37+,38?,39-,41-,43+/m1/s1. The topological polar surface area (TPSA) is 202 Å². The average Bonchev–Trinajstić information content (AvgIpc) is 3.15. The second-order valence-corrected chi connectivity index (χ2v) is 16.5. The highest BCUT2D eigenvalue weighted by Crippen LogP contribution is 2.37. The third-order valence-electron chi connectivity index (χ3n) is 11.5. The van der Waals surface area contributed by atoms with E-state index in [0.29, 0.717) is 12.8 Å². The highest BCUT2D eigenvalue weighted by Gasteiger charge is 2.60. The normalized spacial score (nSPS) is 22.7.